The molecule has 0 unspecified atom stereocenters. The third-order valence-corrected chi connectivity index (χ3v) is 3.67. The van der Waals surface area contributed by atoms with E-state index in [2.05, 4.69) is 64.8 Å². The van der Waals surface area contributed by atoms with Crippen LogP contribution in [0.5, 0.6) is 0 Å². The summed E-state index contributed by atoms with van der Waals surface area (Å²) in [5, 5.41) is 3.46. The zero-order valence-electron chi connectivity index (χ0n) is 11.2. The predicted molar refractivity (Wildman–Crippen MR) is 81.6 cm³/mol. The van der Waals surface area contributed by atoms with Crippen molar-refractivity contribution in [1.82, 2.24) is 5.32 Å². The maximum absolute atomic E-state index is 3.46. The van der Waals surface area contributed by atoms with Crippen molar-refractivity contribution in [3.63, 3.8) is 0 Å². The molecule has 0 atom stereocenters. The van der Waals surface area contributed by atoms with Gasteiger partial charge in [0.1, 0.15) is 0 Å². The van der Waals surface area contributed by atoms with Gasteiger partial charge in [-0.2, -0.15) is 0 Å². The molecule has 2 aromatic carbocycles. The SMILES string of the molecule is c1ccc(-c2ccccc2N2CCCNCC2)cc1. The lowest BCUT2D eigenvalue weighted by molar-refractivity contribution is 0.724. The van der Waals surface area contributed by atoms with E-state index in [0.717, 1.165) is 26.2 Å². The summed E-state index contributed by atoms with van der Waals surface area (Å²) in [6, 6.07) is 19.4. The van der Waals surface area contributed by atoms with E-state index in [0.29, 0.717) is 0 Å². The van der Waals surface area contributed by atoms with E-state index in [4.69, 9.17) is 0 Å². The van der Waals surface area contributed by atoms with Crippen LogP contribution < -0.4 is 10.2 Å². The van der Waals surface area contributed by atoms with Gasteiger partial charge < -0.3 is 10.2 Å². The molecule has 0 bridgehead atoms. The van der Waals surface area contributed by atoms with Gasteiger partial charge in [-0.1, -0.05) is 48.5 Å². The number of hydrogen-bond donors (Lipinski definition) is 1. The van der Waals surface area contributed by atoms with E-state index in [1.54, 1.807) is 0 Å². The lowest BCUT2D eigenvalue weighted by Crippen LogP contribution is -2.28. The largest absolute Gasteiger partial charge is 0.370 e. The summed E-state index contributed by atoms with van der Waals surface area (Å²) in [5.74, 6) is 0. The van der Waals surface area contributed by atoms with Gasteiger partial charge in [0.15, 0.2) is 0 Å². The predicted octanol–water partition coefficient (Wildman–Crippen LogP) is 3.15. The van der Waals surface area contributed by atoms with Gasteiger partial charge in [0.25, 0.3) is 0 Å². The van der Waals surface area contributed by atoms with Crippen molar-refractivity contribution >= 4 is 5.69 Å². The van der Waals surface area contributed by atoms with Crippen LogP contribution in [0.25, 0.3) is 11.1 Å². The van der Waals surface area contributed by atoms with Gasteiger partial charge in [-0.05, 0) is 24.6 Å². The lowest BCUT2D eigenvalue weighted by Gasteiger charge is -2.25. The fourth-order valence-corrected chi connectivity index (χ4v) is 2.70. The Morgan fingerprint density at radius 1 is 0.789 bits per heavy atom. The molecule has 0 amide bonds. The summed E-state index contributed by atoms with van der Waals surface area (Å²) < 4.78 is 0. The third-order valence-electron chi connectivity index (χ3n) is 3.67. The summed E-state index contributed by atoms with van der Waals surface area (Å²) in [4.78, 5) is 2.50. The van der Waals surface area contributed by atoms with Crippen LogP contribution in [0.4, 0.5) is 5.69 Å². The minimum absolute atomic E-state index is 1.07. The fraction of sp³-hybridized carbons (Fsp3) is 0.294. The maximum Gasteiger partial charge on any atom is 0.0446 e. The van der Waals surface area contributed by atoms with Gasteiger partial charge in [0.2, 0.25) is 0 Å². The molecule has 0 saturated carbocycles. The van der Waals surface area contributed by atoms with Crippen LogP contribution in [0.1, 0.15) is 6.42 Å². The first-order valence-corrected chi connectivity index (χ1v) is 7.05. The molecule has 1 saturated heterocycles. The Balaban J connectivity index is 1.97. The van der Waals surface area contributed by atoms with E-state index in [-0.39, 0.29) is 0 Å². The van der Waals surface area contributed by atoms with Gasteiger partial charge in [-0.25, -0.2) is 0 Å². The Hall–Kier alpha value is -1.80. The number of benzene rings is 2. The second kappa shape index (κ2) is 5.89. The number of nitrogens with zero attached hydrogens (tertiary/aromatic N) is 1. The number of rotatable bonds is 2. The van der Waals surface area contributed by atoms with Crippen LogP contribution in [0, 0.1) is 0 Å². The lowest BCUT2D eigenvalue weighted by atomic mass is 10.0. The highest BCUT2D eigenvalue weighted by Gasteiger charge is 2.13. The van der Waals surface area contributed by atoms with Gasteiger partial charge in [-0.15, -0.1) is 0 Å². The van der Waals surface area contributed by atoms with E-state index >= 15 is 0 Å². The first-order valence-electron chi connectivity index (χ1n) is 7.05. The Morgan fingerprint density at radius 2 is 1.58 bits per heavy atom. The molecule has 0 radical (unpaired) electrons. The van der Waals surface area contributed by atoms with Crippen molar-refractivity contribution in [2.45, 2.75) is 6.42 Å². The molecule has 0 aliphatic carbocycles. The second-order valence-electron chi connectivity index (χ2n) is 4.97. The third kappa shape index (κ3) is 2.79. The van der Waals surface area contributed by atoms with Crippen molar-refractivity contribution in [3.8, 4) is 11.1 Å². The summed E-state index contributed by atoms with van der Waals surface area (Å²) in [5.41, 5.74) is 4.00. The number of nitrogens with one attached hydrogen (secondary N) is 1. The van der Waals surface area contributed by atoms with Crippen LogP contribution in [0.3, 0.4) is 0 Å². The van der Waals surface area contributed by atoms with E-state index in [1.807, 2.05) is 0 Å². The van der Waals surface area contributed by atoms with Gasteiger partial charge in [-0.3, -0.25) is 0 Å². The van der Waals surface area contributed by atoms with Crippen molar-refractivity contribution in [2.75, 3.05) is 31.1 Å². The summed E-state index contributed by atoms with van der Waals surface area (Å²) in [7, 11) is 0. The van der Waals surface area contributed by atoms with Crippen molar-refractivity contribution in [3.05, 3.63) is 54.6 Å². The number of anilines is 1. The summed E-state index contributed by atoms with van der Waals surface area (Å²) >= 11 is 0. The Morgan fingerprint density at radius 3 is 2.47 bits per heavy atom. The maximum atomic E-state index is 3.46. The van der Waals surface area contributed by atoms with Gasteiger partial charge in [0, 0.05) is 30.9 Å². The summed E-state index contributed by atoms with van der Waals surface area (Å²) in [6.07, 6.45) is 1.21. The summed E-state index contributed by atoms with van der Waals surface area (Å²) in [6.45, 7) is 4.42. The molecule has 0 aromatic heterocycles. The number of para-hydroxylation sites is 1. The molecule has 2 heteroatoms. The highest BCUT2D eigenvalue weighted by molar-refractivity contribution is 5.78. The van der Waals surface area contributed by atoms with Crippen molar-refractivity contribution < 1.29 is 0 Å². The van der Waals surface area contributed by atoms with E-state index < -0.39 is 0 Å². The molecule has 1 aliphatic rings. The molecular weight excluding hydrogens is 232 g/mol. The number of hydrogen-bond acceptors (Lipinski definition) is 2. The Bertz CT molecular complexity index is 514. The molecule has 1 N–H and O–H groups in total. The topological polar surface area (TPSA) is 15.3 Å². The molecule has 2 nitrogen and oxygen atoms in total. The molecule has 3 rings (SSSR count). The zero-order valence-corrected chi connectivity index (χ0v) is 11.2. The minimum Gasteiger partial charge on any atom is -0.370 e. The van der Waals surface area contributed by atoms with Crippen LogP contribution in [-0.2, 0) is 0 Å². The van der Waals surface area contributed by atoms with Crippen LogP contribution in [0.2, 0.25) is 0 Å². The molecule has 2 aromatic rings. The molecule has 1 fully saturated rings. The second-order valence-corrected chi connectivity index (χ2v) is 4.97. The molecule has 1 heterocycles. The molecular formula is C17H20N2. The Labute approximate surface area is 115 Å². The van der Waals surface area contributed by atoms with Gasteiger partial charge >= 0.3 is 0 Å². The Kier molecular flexibility index (Phi) is 3.80. The van der Waals surface area contributed by atoms with E-state index in [9.17, 15) is 0 Å². The molecule has 98 valence electrons. The van der Waals surface area contributed by atoms with Crippen molar-refractivity contribution in [2.24, 2.45) is 0 Å². The normalized spacial score (nSPS) is 16.1. The minimum atomic E-state index is 1.07. The average Bonchev–Trinajstić information content (AvgIpc) is 2.77. The highest BCUT2D eigenvalue weighted by Crippen LogP contribution is 2.30. The van der Waals surface area contributed by atoms with E-state index in [1.165, 1.54) is 23.2 Å². The first-order chi connectivity index (χ1) is 9.45. The zero-order chi connectivity index (χ0) is 12.9. The van der Waals surface area contributed by atoms with Crippen LogP contribution in [-0.4, -0.2) is 26.2 Å². The van der Waals surface area contributed by atoms with Crippen molar-refractivity contribution in [1.29, 1.82) is 0 Å². The monoisotopic (exact) mass is 252 g/mol. The smallest absolute Gasteiger partial charge is 0.0446 e. The van der Waals surface area contributed by atoms with Gasteiger partial charge in [0.05, 0.1) is 0 Å². The fourth-order valence-electron chi connectivity index (χ4n) is 2.70. The first kappa shape index (κ1) is 12.2. The quantitative estimate of drug-likeness (QED) is 0.883. The highest BCUT2D eigenvalue weighted by atomic mass is 15.2. The van der Waals surface area contributed by atoms with Crippen LogP contribution in [0.15, 0.2) is 54.6 Å². The van der Waals surface area contributed by atoms with Crippen LogP contribution >= 0.6 is 0 Å². The standard InChI is InChI=1S/C17H20N2/c1-2-7-15(8-3-1)16-9-4-5-10-17(16)19-13-6-11-18-12-14-19/h1-5,7-10,18H,6,11-14H2. The molecule has 0 spiro atoms. The molecule has 1 aliphatic heterocycles. The average molecular weight is 252 g/mol. The molecule has 19 heavy (non-hydrogen) atoms.